The third-order valence-corrected chi connectivity index (χ3v) is 3.49. The SMILES string of the molecule is CCN(CC)CCc1ccc2c(c1)CCN2. The molecule has 1 N–H and O–H groups in total. The Labute approximate surface area is 98.7 Å². The number of nitrogens with one attached hydrogen (secondary N) is 1. The molecule has 16 heavy (non-hydrogen) atoms. The van der Waals surface area contributed by atoms with Crippen molar-refractivity contribution in [1.82, 2.24) is 4.90 Å². The lowest BCUT2D eigenvalue weighted by Crippen LogP contribution is -2.25. The van der Waals surface area contributed by atoms with Gasteiger partial charge in [-0.15, -0.1) is 0 Å². The van der Waals surface area contributed by atoms with Crippen molar-refractivity contribution in [3.8, 4) is 0 Å². The van der Waals surface area contributed by atoms with Crippen molar-refractivity contribution in [1.29, 1.82) is 0 Å². The standard InChI is InChI=1S/C14H22N2/c1-3-16(4-2)10-8-12-5-6-14-13(11-12)7-9-15-14/h5-6,11,15H,3-4,7-10H2,1-2H3. The molecule has 88 valence electrons. The summed E-state index contributed by atoms with van der Waals surface area (Å²) >= 11 is 0. The molecule has 0 amide bonds. The normalized spacial score (nSPS) is 13.9. The van der Waals surface area contributed by atoms with Gasteiger partial charge in [0.2, 0.25) is 0 Å². The van der Waals surface area contributed by atoms with Crippen LogP contribution in [-0.2, 0) is 12.8 Å². The highest BCUT2D eigenvalue weighted by Crippen LogP contribution is 2.23. The average Bonchev–Trinajstić information content (AvgIpc) is 2.77. The molecule has 1 aliphatic heterocycles. The first-order valence-electron chi connectivity index (χ1n) is 6.41. The van der Waals surface area contributed by atoms with Crippen molar-refractivity contribution in [2.24, 2.45) is 0 Å². The van der Waals surface area contributed by atoms with Gasteiger partial charge in [-0.05, 0) is 43.1 Å². The zero-order chi connectivity index (χ0) is 11.4. The van der Waals surface area contributed by atoms with Crippen molar-refractivity contribution in [2.75, 3.05) is 31.5 Å². The van der Waals surface area contributed by atoms with Crippen LogP contribution in [0.3, 0.4) is 0 Å². The fourth-order valence-electron chi connectivity index (χ4n) is 2.34. The number of anilines is 1. The molecule has 1 aromatic rings. The third kappa shape index (κ3) is 2.56. The van der Waals surface area contributed by atoms with Gasteiger partial charge in [0.15, 0.2) is 0 Å². The van der Waals surface area contributed by atoms with Crippen molar-refractivity contribution < 1.29 is 0 Å². The van der Waals surface area contributed by atoms with Crippen LogP contribution in [0.25, 0.3) is 0 Å². The monoisotopic (exact) mass is 218 g/mol. The minimum atomic E-state index is 1.11. The van der Waals surface area contributed by atoms with E-state index < -0.39 is 0 Å². The number of fused-ring (bicyclic) bond motifs is 1. The summed E-state index contributed by atoms with van der Waals surface area (Å²) in [5, 5.41) is 3.40. The molecule has 2 nitrogen and oxygen atoms in total. The second-order valence-corrected chi connectivity index (χ2v) is 4.45. The minimum absolute atomic E-state index is 1.11. The molecular formula is C14H22N2. The Bertz CT molecular complexity index is 343. The highest BCUT2D eigenvalue weighted by Gasteiger charge is 2.10. The smallest absolute Gasteiger partial charge is 0.0373 e. The lowest BCUT2D eigenvalue weighted by molar-refractivity contribution is 0.308. The fraction of sp³-hybridized carbons (Fsp3) is 0.571. The third-order valence-electron chi connectivity index (χ3n) is 3.49. The zero-order valence-corrected chi connectivity index (χ0v) is 10.4. The van der Waals surface area contributed by atoms with Gasteiger partial charge in [-0.2, -0.15) is 0 Å². The van der Waals surface area contributed by atoms with Crippen LogP contribution < -0.4 is 5.32 Å². The van der Waals surface area contributed by atoms with Gasteiger partial charge in [-0.3, -0.25) is 0 Å². The Hall–Kier alpha value is -1.02. The van der Waals surface area contributed by atoms with E-state index >= 15 is 0 Å². The van der Waals surface area contributed by atoms with Crippen LogP contribution in [0.15, 0.2) is 18.2 Å². The summed E-state index contributed by atoms with van der Waals surface area (Å²) in [6.45, 7) is 9.06. The first-order chi connectivity index (χ1) is 7.83. The summed E-state index contributed by atoms with van der Waals surface area (Å²) < 4.78 is 0. The van der Waals surface area contributed by atoms with E-state index in [1.165, 1.54) is 36.2 Å². The zero-order valence-electron chi connectivity index (χ0n) is 10.4. The molecule has 0 aliphatic carbocycles. The number of hydrogen-bond acceptors (Lipinski definition) is 2. The Kier molecular flexibility index (Phi) is 3.83. The maximum atomic E-state index is 3.40. The highest BCUT2D eigenvalue weighted by molar-refractivity contribution is 5.56. The topological polar surface area (TPSA) is 15.3 Å². The Balaban J connectivity index is 1.95. The summed E-state index contributed by atoms with van der Waals surface area (Å²) in [6.07, 6.45) is 2.36. The van der Waals surface area contributed by atoms with Crippen LogP contribution in [0.2, 0.25) is 0 Å². The van der Waals surface area contributed by atoms with Crippen LogP contribution in [0, 0.1) is 0 Å². The second kappa shape index (κ2) is 5.35. The molecule has 2 heteroatoms. The number of benzene rings is 1. The van der Waals surface area contributed by atoms with E-state index in [0.717, 1.165) is 19.6 Å². The van der Waals surface area contributed by atoms with E-state index in [2.05, 4.69) is 42.3 Å². The Morgan fingerprint density at radius 3 is 2.81 bits per heavy atom. The summed E-state index contributed by atoms with van der Waals surface area (Å²) in [7, 11) is 0. The summed E-state index contributed by atoms with van der Waals surface area (Å²) in [6, 6.07) is 6.87. The molecule has 1 aromatic carbocycles. The molecule has 0 spiro atoms. The summed E-state index contributed by atoms with van der Waals surface area (Å²) in [5.74, 6) is 0. The maximum Gasteiger partial charge on any atom is 0.0373 e. The lowest BCUT2D eigenvalue weighted by atomic mass is 10.1. The molecule has 0 saturated heterocycles. The van der Waals surface area contributed by atoms with E-state index in [-0.39, 0.29) is 0 Å². The molecule has 0 saturated carbocycles. The first-order valence-corrected chi connectivity index (χ1v) is 6.41. The van der Waals surface area contributed by atoms with E-state index in [1.807, 2.05) is 0 Å². The van der Waals surface area contributed by atoms with E-state index in [4.69, 9.17) is 0 Å². The number of likely N-dealkylation sites (N-methyl/N-ethyl adjacent to an activating group) is 1. The predicted molar refractivity (Wildman–Crippen MR) is 70.1 cm³/mol. The van der Waals surface area contributed by atoms with Crippen molar-refractivity contribution in [2.45, 2.75) is 26.7 Å². The molecule has 0 bridgehead atoms. The van der Waals surface area contributed by atoms with Crippen LogP contribution in [-0.4, -0.2) is 31.1 Å². The largest absolute Gasteiger partial charge is 0.384 e. The van der Waals surface area contributed by atoms with Crippen molar-refractivity contribution in [3.63, 3.8) is 0 Å². The molecule has 2 rings (SSSR count). The number of rotatable bonds is 5. The lowest BCUT2D eigenvalue weighted by Gasteiger charge is -2.17. The van der Waals surface area contributed by atoms with E-state index in [1.54, 1.807) is 0 Å². The van der Waals surface area contributed by atoms with Crippen molar-refractivity contribution in [3.05, 3.63) is 29.3 Å². The second-order valence-electron chi connectivity index (χ2n) is 4.45. The summed E-state index contributed by atoms with van der Waals surface area (Å²) in [4.78, 5) is 2.48. The molecule has 0 atom stereocenters. The van der Waals surface area contributed by atoms with Gasteiger partial charge in [0.25, 0.3) is 0 Å². The highest BCUT2D eigenvalue weighted by atomic mass is 15.1. The summed E-state index contributed by atoms with van der Waals surface area (Å²) in [5.41, 5.74) is 4.32. The molecule has 0 fully saturated rings. The van der Waals surface area contributed by atoms with Gasteiger partial charge in [0.1, 0.15) is 0 Å². The molecule has 0 radical (unpaired) electrons. The first kappa shape index (κ1) is 11.5. The van der Waals surface area contributed by atoms with Gasteiger partial charge < -0.3 is 10.2 Å². The van der Waals surface area contributed by atoms with Gasteiger partial charge in [0, 0.05) is 18.8 Å². The van der Waals surface area contributed by atoms with Gasteiger partial charge >= 0.3 is 0 Å². The predicted octanol–water partition coefficient (Wildman–Crippen LogP) is 2.54. The molecule has 1 aliphatic rings. The molecular weight excluding hydrogens is 196 g/mol. The van der Waals surface area contributed by atoms with E-state index in [0.29, 0.717) is 0 Å². The van der Waals surface area contributed by atoms with E-state index in [9.17, 15) is 0 Å². The van der Waals surface area contributed by atoms with Crippen LogP contribution in [0.1, 0.15) is 25.0 Å². The molecule has 0 aromatic heterocycles. The Morgan fingerprint density at radius 1 is 1.25 bits per heavy atom. The van der Waals surface area contributed by atoms with Gasteiger partial charge in [0.05, 0.1) is 0 Å². The quantitative estimate of drug-likeness (QED) is 0.817. The Morgan fingerprint density at radius 2 is 2.06 bits per heavy atom. The van der Waals surface area contributed by atoms with Crippen LogP contribution >= 0.6 is 0 Å². The van der Waals surface area contributed by atoms with Crippen LogP contribution in [0.4, 0.5) is 5.69 Å². The minimum Gasteiger partial charge on any atom is -0.384 e. The fourth-order valence-corrected chi connectivity index (χ4v) is 2.34. The van der Waals surface area contributed by atoms with Crippen LogP contribution in [0.5, 0.6) is 0 Å². The number of hydrogen-bond donors (Lipinski definition) is 1. The van der Waals surface area contributed by atoms with Gasteiger partial charge in [-0.25, -0.2) is 0 Å². The van der Waals surface area contributed by atoms with Crippen molar-refractivity contribution >= 4 is 5.69 Å². The molecule has 0 unspecified atom stereocenters. The van der Waals surface area contributed by atoms with Gasteiger partial charge in [-0.1, -0.05) is 26.0 Å². The molecule has 1 heterocycles. The maximum absolute atomic E-state index is 3.40. The average molecular weight is 218 g/mol. The number of nitrogens with zero attached hydrogens (tertiary/aromatic N) is 1.